The number of fused-ring (bicyclic) bond motifs is 5. The highest BCUT2D eigenvalue weighted by Gasteiger charge is 2.69. The zero-order valence-corrected chi connectivity index (χ0v) is 56.4. The number of nitrogens with one attached hydrogen (secondary N) is 4. The fraction of sp³-hybridized carbons (Fsp3) is 0.603. The Morgan fingerprint density at radius 1 is 0.884 bits per heavy atom. The van der Waals surface area contributed by atoms with E-state index in [4.69, 9.17) is 9.47 Å². The first-order valence-corrected chi connectivity index (χ1v) is 38.8. The molecule has 1 aromatic heterocycles. The number of aromatic amines is 1. The Hall–Kier alpha value is -5.87. The minimum atomic E-state index is -1.05. The fourth-order valence-corrected chi connectivity index (χ4v) is 24.6. The summed E-state index contributed by atoms with van der Waals surface area (Å²) in [4.78, 5) is 68.0. The molecule has 15 nitrogen and oxygen atoms in total. The average molecular weight is 1320 g/mol. The lowest BCUT2D eigenvalue weighted by atomic mass is 9.43. The van der Waals surface area contributed by atoms with Crippen molar-refractivity contribution in [1.29, 1.82) is 0 Å². The highest BCUT2D eigenvalue weighted by Crippen LogP contribution is 2.72. The van der Waals surface area contributed by atoms with Crippen LogP contribution in [0, 0.1) is 111 Å². The van der Waals surface area contributed by atoms with E-state index in [0.29, 0.717) is 84.9 Å². The van der Waals surface area contributed by atoms with E-state index in [1.807, 2.05) is 35.2 Å². The quantitative estimate of drug-likeness (QED) is 0.0327. The van der Waals surface area contributed by atoms with E-state index in [0.717, 1.165) is 137 Å². The molecule has 10 aliphatic carbocycles. The standard InChI is InChI=1S/C78H94N6O9S2/c1-2-77(27-6-7-28-77)38-62-56-19-18-55-54-25-29-78(71(55)70(56)75(90)92-62)63-22-20-57(68-52-16-14-47-13-15-50(61(86)35-44-9-4-3-5-10-44)33-46(41-85)31-45(32-52)34-58(47)68)74(83-60-21-17-48-11-8-12-51(67(48)73(60)89)36-53-39-79-42-81-53)95-94-43-82-64-37-49(26-30-80-64)59(69(54)72(78)76(91)93-63)40-84-65(87)23-24-66(84)88/h3-5,9-10,14,16,22-24,26,37-39,42,45-48,50-52,54-55,57-61,67-68,71,73-74,80,82-83,85-86,89H,2,6-8,11-12,17-21,25,27-36,40-41,43H2,1H3,(H,79,81). The summed E-state index contributed by atoms with van der Waals surface area (Å²) < 4.78 is 13.7. The van der Waals surface area contributed by atoms with Gasteiger partial charge in [0.05, 0.1) is 46.6 Å². The summed E-state index contributed by atoms with van der Waals surface area (Å²) in [6, 6.07) is 9.95. The molecule has 7 N–H and O–H groups in total. The monoisotopic (exact) mass is 1320 g/mol. The van der Waals surface area contributed by atoms with Crippen molar-refractivity contribution in [3.63, 3.8) is 0 Å². The minimum Gasteiger partial charge on any atom is -0.427 e. The number of hydrogen-bond donors (Lipinski definition) is 7. The third-order valence-corrected chi connectivity index (χ3v) is 28.8. The summed E-state index contributed by atoms with van der Waals surface area (Å²) in [7, 11) is 3.60. The van der Waals surface area contributed by atoms with E-state index in [2.05, 4.69) is 93.3 Å². The van der Waals surface area contributed by atoms with Crippen LogP contribution in [0.1, 0.15) is 140 Å². The van der Waals surface area contributed by atoms with Gasteiger partial charge in [0.2, 0.25) is 0 Å². The lowest BCUT2D eigenvalue weighted by Crippen LogP contribution is -2.57. The Balaban J connectivity index is 0.849. The highest BCUT2D eigenvalue weighted by molar-refractivity contribution is 8.76. The molecule has 15 aliphatic rings. The van der Waals surface area contributed by atoms with E-state index in [1.54, 1.807) is 17.1 Å². The van der Waals surface area contributed by atoms with Crippen LogP contribution in [0.5, 0.6) is 0 Å². The smallest absolute Gasteiger partial charge is 0.340 e. The van der Waals surface area contributed by atoms with Gasteiger partial charge in [0.25, 0.3) is 11.8 Å². The Bertz CT molecular complexity index is 3650. The van der Waals surface area contributed by atoms with Gasteiger partial charge in [-0.2, -0.15) is 0 Å². The van der Waals surface area contributed by atoms with Crippen LogP contribution in [0.3, 0.4) is 0 Å². The van der Waals surface area contributed by atoms with Gasteiger partial charge < -0.3 is 40.4 Å². The van der Waals surface area contributed by atoms with E-state index < -0.39 is 35.4 Å². The average Bonchev–Trinajstić information content (AvgIpc) is 1.59. The maximum absolute atomic E-state index is 16.0. The number of carbonyl (C=O) groups excluding carboxylic acids is 4. The predicted octanol–water partition coefficient (Wildman–Crippen LogP) is 11.2. The molecule has 5 saturated carbocycles. The van der Waals surface area contributed by atoms with E-state index in [-0.39, 0.29) is 107 Å². The molecule has 10 bridgehead atoms. The Morgan fingerprint density at radius 3 is 2.55 bits per heavy atom. The number of dihydropyridines is 1. The van der Waals surface area contributed by atoms with E-state index in [1.165, 1.54) is 17.1 Å². The second kappa shape index (κ2) is 26.4. The van der Waals surface area contributed by atoms with Crippen molar-refractivity contribution in [2.45, 2.75) is 165 Å². The third kappa shape index (κ3) is 11.6. The van der Waals surface area contributed by atoms with Crippen LogP contribution in [0.4, 0.5) is 0 Å². The number of imide groups is 1. The molecule has 17 heteroatoms. The lowest BCUT2D eigenvalue weighted by Gasteiger charge is -2.57. The molecule has 5 aliphatic heterocycles. The molecular weight excluding hydrogens is 1230 g/mol. The number of H-pyrrole nitrogens is 1. The fourth-order valence-electron chi connectivity index (χ4n) is 22.1. The summed E-state index contributed by atoms with van der Waals surface area (Å²) in [5, 5.41) is 48.0. The SMILES string of the molecule is CCC1(C=C2OC(=O)C3=C2CCC2C4CCC5(C6=CCC(C7C8C=CC9C#CC(C(O)Cc%10ccccc%10)CC(CO)CC(C8)CC97)C(NC7CCC8CCCC(Cc9cnc[nH]9)C8C7O)SSCNC7=CC(=CCN7)C(CN7C(=O)C=CC7=O)C4=C5C(=O)O6)C32)CCCC1. The number of ether oxygens (including phenoxy) is 2. The maximum atomic E-state index is 16.0. The molecule has 1 aromatic carbocycles. The van der Waals surface area contributed by atoms with Crippen molar-refractivity contribution in [3.05, 3.63) is 148 Å². The van der Waals surface area contributed by atoms with Crippen molar-refractivity contribution in [3.8, 4) is 11.8 Å². The number of cyclic esters (lactones) is 1. The number of allylic oxidation sites excluding steroid dienone is 7. The molecule has 0 radical (unpaired) electrons. The number of carbonyl (C=O) groups is 4. The van der Waals surface area contributed by atoms with E-state index >= 15 is 9.59 Å². The van der Waals surface area contributed by atoms with Crippen LogP contribution >= 0.6 is 21.6 Å². The van der Waals surface area contributed by atoms with Crippen LogP contribution < -0.4 is 16.0 Å². The molecule has 6 heterocycles. The van der Waals surface area contributed by atoms with Crippen LogP contribution in [-0.4, -0.2) is 103 Å². The number of benzene rings is 1. The molecule has 95 heavy (non-hydrogen) atoms. The van der Waals surface area contributed by atoms with E-state index in [9.17, 15) is 24.9 Å². The van der Waals surface area contributed by atoms with Crippen LogP contribution in [0.15, 0.2) is 137 Å². The number of aliphatic hydroxyl groups is 3. The molecule has 2 amide bonds. The summed E-state index contributed by atoms with van der Waals surface area (Å²) in [6.07, 6.45) is 37.3. The molecule has 20 atom stereocenters. The van der Waals surface area contributed by atoms with Gasteiger partial charge in [0.15, 0.2) is 0 Å². The molecule has 20 unspecified atom stereocenters. The van der Waals surface area contributed by atoms with Crippen LogP contribution in [0.25, 0.3) is 0 Å². The lowest BCUT2D eigenvalue weighted by molar-refractivity contribution is -0.138. The van der Waals surface area contributed by atoms with Crippen molar-refractivity contribution in [2.75, 3.05) is 25.6 Å². The topological polar surface area (TPSA) is 215 Å². The van der Waals surface area contributed by atoms with Crippen LogP contribution in [-0.2, 0) is 41.5 Å². The third-order valence-electron chi connectivity index (χ3n) is 26.3. The largest absolute Gasteiger partial charge is 0.427 e. The van der Waals surface area contributed by atoms with Gasteiger partial charge in [-0.05, 0) is 215 Å². The Kier molecular flexibility index (Phi) is 17.8. The number of esters is 2. The van der Waals surface area contributed by atoms with Gasteiger partial charge in [0.1, 0.15) is 11.5 Å². The summed E-state index contributed by atoms with van der Waals surface area (Å²) >= 11 is 0. The molecule has 502 valence electrons. The molecule has 1 saturated heterocycles. The number of imidazole rings is 1. The molecule has 17 rings (SSSR count). The van der Waals surface area contributed by atoms with Crippen molar-refractivity contribution < 1.29 is 44.0 Å². The summed E-state index contributed by atoms with van der Waals surface area (Å²) in [5.74, 6) is 8.65. The normalized spacial score (nSPS) is 39.2. The van der Waals surface area contributed by atoms with Gasteiger partial charge in [-0.3, -0.25) is 19.8 Å². The maximum Gasteiger partial charge on any atom is 0.340 e. The summed E-state index contributed by atoms with van der Waals surface area (Å²) in [5.41, 5.74) is 5.21. The second-order valence-electron chi connectivity index (χ2n) is 30.9. The van der Waals surface area contributed by atoms with Gasteiger partial charge in [-0.15, -0.1) is 0 Å². The number of hydrogen-bond acceptors (Lipinski definition) is 15. The number of rotatable bonds is 13. The minimum absolute atomic E-state index is 0.0161. The molecule has 6 fully saturated rings. The van der Waals surface area contributed by atoms with Gasteiger partial charge in [-0.1, -0.05) is 115 Å². The zero-order valence-electron chi connectivity index (χ0n) is 54.8. The zero-order chi connectivity index (χ0) is 64.7. The predicted molar refractivity (Wildman–Crippen MR) is 365 cm³/mol. The van der Waals surface area contributed by atoms with Crippen molar-refractivity contribution >= 4 is 45.3 Å². The van der Waals surface area contributed by atoms with Gasteiger partial charge in [-0.25, -0.2) is 14.6 Å². The molecular formula is C78H94N6O9S2. The first-order valence-electron chi connectivity index (χ1n) is 36.4. The van der Waals surface area contributed by atoms with Gasteiger partial charge >= 0.3 is 11.9 Å². The number of amides is 2. The number of nitrogens with zero attached hydrogens (tertiary/aromatic N) is 2. The van der Waals surface area contributed by atoms with Crippen molar-refractivity contribution in [1.82, 2.24) is 30.8 Å². The summed E-state index contributed by atoms with van der Waals surface area (Å²) in [6.45, 7) is 2.84. The molecule has 1 spiro atoms. The Labute approximate surface area is 567 Å². The molecule has 2 aromatic rings. The van der Waals surface area contributed by atoms with Crippen LogP contribution in [0.2, 0.25) is 0 Å². The number of aliphatic hydroxyl groups excluding tert-OH is 3. The number of aromatic nitrogens is 2. The first-order chi connectivity index (χ1) is 46.4. The van der Waals surface area contributed by atoms with Crippen molar-refractivity contribution in [2.24, 2.45) is 99.6 Å². The highest BCUT2D eigenvalue weighted by atomic mass is 33.1. The van der Waals surface area contributed by atoms with Gasteiger partial charge in [0, 0.05) is 84.6 Å². The second-order valence-corrected chi connectivity index (χ2v) is 33.5. The Morgan fingerprint density at radius 2 is 1.74 bits per heavy atom. The first kappa shape index (κ1) is 63.8.